The average Bonchev–Trinajstić information content (AvgIpc) is 2.44. The molecule has 112 valence electrons. The van der Waals surface area contributed by atoms with Crippen LogP contribution >= 0.6 is 0 Å². The van der Waals surface area contributed by atoms with Gasteiger partial charge in [0.15, 0.2) is 0 Å². The predicted molar refractivity (Wildman–Crippen MR) is 85.7 cm³/mol. The average molecular weight is 286 g/mol. The number of amides is 1. The van der Waals surface area contributed by atoms with Crippen LogP contribution in [0.1, 0.15) is 23.7 Å². The number of aromatic hydroxyl groups is 1. The van der Waals surface area contributed by atoms with Gasteiger partial charge in [0.05, 0.1) is 5.56 Å². The lowest BCUT2D eigenvalue weighted by atomic mass is 10.0. The van der Waals surface area contributed by atoms with E-state index in [4.69, 9.17) is 0 Å². The van der Waals surface area contributed by atoms with Crippen molar-refractivity contribution in [1.29, 1.82) is 0 Å². The van der Waals surface area contributed by atoms with Crippen LogP contribution in [-0.4, -0.2) is 42.6 Å². The van der Waals surface area contributed by atoms with Crippen LogP contribution < -0.4 is 5.32 Å². The third-order valence-electron chi connectivity index (χ3n) is 3.50. The first-order valence-electron chi connectivity index (χ1n) is 7.14. The number of carbonyl (C=O) groups excluding carboxylic acids is 1. The first-order valence-corrected chi connectivity index (χ1v) is 7.14. The molecule has 0 aromatic heterocycles. The van der Waals surface area contributed by atoms with Gasteiger partial charge in [0, 0.05) is 6.04 Å². The van der Waals surface area contributed by atoms with Gasteiger partial charge in [-0.1, -0.05) is 24.3 Å². The third-order valence-corrected chi connectivity index (χ3v) is 3.50. The molecule has 1 amide bonds. The second kappa shape index (κ2) is 6.59. The smallest absolute Gasteiger partial charge is 0.255 e. The zero-order chi connectivity index (χ0) is 15.4. The van der Waals surface area contributed by atoms with Crippen LogP contribution in [0.4, 0.5) is 0 Å². The molecule has 0 bridgehead atoms. The van der Waals surface area contributed by atoms with Gasteiger partial charge in [0.25, 0.3) is 5.91 Å². The fourth-order valence-electron chi connectivity index (χ4n) is 2.24. The van der Waals surface area contributed by atoms with Gasteiger partial charge in [-0.25, -0.2) is 0 Å². The Balaban J connectivity index is 2.13. The summed E-state index contributed by atoms with van der Waals surface area (Å²) in [7, 11) is 4.01. The summed E-state index contributed by atoms with van der Waals surface area (Å²) < 4.78 is 0. The lowest BCUT2D eigenvalue weighted by Crippen LogP contribution is -2.34. The SMILES string of the molecule is CC(CCN(C)C)NC(=O)c1cc2ccccc2cc1O. The van der Waals surface area contributed by atoms with Crippen molar-refractivity contribution in [2.75, 3.05) is 20.6 Å². The molecule has 0 radical (unpaired) electrons. The maximum atomic E-state index is 12.3. The molecule has 2 aromatic rings. The molecule has 0 saturated carbocycles. The number of hydrogen-bond acceptors (Lipinski definition) is 3. The Morgan fingerprint density at radius 2 is 1.86 bits per heavy atom. The molecular weight excluding hydrogens is 264 g/mol. The van der Waals surface area contributed by atoms with Gasteiger partial charge in [-0.2, -0.15) is 0 Å². The Kier molecular flexibility index (Phi) is 4.81. The molecule has 21 heavy (non-hydrogen) atoms. The topological polar surface area (TPSA) is 52.6 Å². The summed E-state index contributed by atoms with van der Waals surface area (Å²) in [6.07, 6.45) is 0.868. The van der Waals surface area contributed by atoms with Crippen LogP contribution in [0, 0.1) is 0 Å². The van der Waals surface area contributed by atoms with E-state index in [0.29, 0.717) is 5.56 Å². The molecule has 2 rings (SSSR count). The molecular formula is C17H22N2O2. The minimum absolute atomic E-state index is 0.0195. The van der Waals surface area contributed by atoms with Gasteiger partial charge >= 0.3 is 0 Å². The number of benzene rings is 2. The highest BCUT2D eigenvalue weighted by atomic mass is 16.3. The van der Waals surface area contributed by atoms with Gasteiger partial charge in [-0.15, -0.1) is 0 Å². The van der Waals surface area contributed by atoms with E-state index in [1.54, 1.807) is 12.1 Å². The quantitative estimate of drug-likeness (QED) is 0.888. The van der Waals surface area contributed by atoms with Gasteiger partial charge in [-0.05, 0) is 56.9 Å². The van der Waals surface area contributed by atoms with Crippen LogP contribution in [0.25, 0.3) is 10.8 Å². The summed E-state index contributed by atoms with van der Waals surface area (Å²) in [6.45, 7) is 2.88. The van der Waals surface area contributed by atoms with E-state index in [1.807, 2.05) is 45.3 Å². The molecule has 1 atom stereocenters. The van der Waals surface area contributed by atoms with Gasteiger partial charge < -0.3 is 15.3 Å². The van der Waals surface area contributed by atoms with E-state index >= 15 is 0 Å². The zero-order valence-corrected chi connectivity index (χ0v) is 12.8. The Bertz CT molecular complexity index is 638. The van der Waals surface area contributed by atoms with Crippen LogP contribution in [-0.2, 0) is 0 Å². The number of phenols is 1. The summed E-state index contributed by atoms with van der Waals surface area (Å²) >= 11 is 0. The van der Waals surface area contributed by atoms with E-state index in [2.05, 4.69) is 10.2 Å². The molecule has 2 aromatic carbocycles. The zero-order valence-electron chi connectivity index (χ0n) is 12.8. The predicted octanol–water partition coefficient (Wildman–Crippen LogP) is 2.62. The lowest BCUT2D eigenvalue weighted by Gasteiger charge is -2.17. The molecule has 1 unspecified atom stereocenters. The van der Waals surface area contributed by atoms with Crippen molar-refractivity contribution in [1.82, 2.24) is 10.2 Å². The summed E-state index contributed by atoms with van der Waals surface area (Å²) in [5.74, 6) is -0.212. The first kappa shape index (κ1) is 15.3. The molecule has 0 fully saturated rings. The summed E-state index contributed by atoms with van der Waals surface area (Å²) in [5, 5.41) is 14.8. The van der Waals surface area contributed by atoms with Crippen molar-refractivity contribution in [3.05, 3.63) is 42.0 Å². The second-order valence-corrected chi connectivity index (χ2v) is 5.68. The van der Waals surface area contributed by atoms with E-state index in [-0.39, 0.29) is 17.7 Å². The largest absolute Gasteiger partial charge is 0.507 e. The normalized spacial score (nSPS) is 12.6. The van der Waals surface area contributed by atoms with E-state index in [0.717, 1.165) is 23.7 Å². The molecule has 0 saturated heterocycles. The van der Waals surface area contributed by atoms with E-state index in [1.165, 1.54) is 0 Å². The molecule has 4 nitrogen and oxygen atoms in total. The number of rotatable bonds is 5. The molecule has 0 aliphatic rings. The van der Waals surface area contributed by atoms with Crippen molar-refractivity contribution in [2.24, 2.45) is 0 Å². The monoisotopic (exact) mass is 286 g/mol. The number of carbonyl (C=O) groups is 1. The molecule has 0 aliphatic heterocycles. The van der Waals surface area contributed by atoms with Crippen LogP contribution in [0.5, 0.6) is 5.75 Å². The number of phenolic OH excluding ortho intramolecular Hbond substituents is 1. The first-order chi connectivity index (χ1) is 9.97. The van der Waals surface area contributed by atoms with Gasteiger partial charge in [-0.3, -0.25) is 4.79 Å². The Labute approximate surface area is 125 Å². The van der Waals surface area contributed by atoms with E-state index in [9.17, 15) is 9.90 Å². The third kappa shape index (κ3) is 3.95. The maximum Gasteiger partial charge on any atom is 0.255 e. The van der Waals surface area contributed by atoms with Crippen molar-refractivity contribution in [2.45, 2.75) is 19.4 Å². The molecule has 4 heteroatoms. The van der Waals surface area contributed by atoms with Crippen LogP contribution in [0.3, 0.4) is 0 Å². The van der Waals surface area contributed by atoms with Crippen molar-refractivity contribution in [3.63, 3.8) is 0 Å². The molecule has 2 N–H and O–H groups in total. The maximum absolute atomic E-state index is 12.3. The number of fused-ring (bicyclic) bond motifs is 1. The number of nitrogens with one attached hydrogen (secondary N) is 1. The molecule has 0 spiro atoms. The van der Waals surface area contributed by atoms with Crippen molar-refractivity contribution >= 4 is 16.7 Å². The Morgan fingerprint density at radius 1 is 1.24 bits per heavy atom. The summed E-state index contributed by atoms with van der Waals surface area (Å²) in [5.41, 5.74) is 0.324. The highest BCUT2D eigenvalue weighted by Crippen LogP contribution is 2.24. The fraction of sp³-hybridized carbons (Fsp3) is 0.353. The molecule has 0 heterocycles. The summed E-state index contributed by atoms with van der Waals surface area (Å²) in [4.78, 5) is 14.4. The van der Waals surface area contributed by atoms with Crippen LogP contribution in [0.15, 0.2) is 36.4 Å². The molecule has 0 aliphatic carbocycles. The van der Waals surface area contributed by atoms with Crippen molar-refractivity contribution < 1.29 is 9.90 Å². The minimum atomic E-state index is -0.232. The van der Waals surface area contributed by atoms with E-state index < -0.39 is 0 Å². The lowest BCUT2D eigenvalue weighted by molar-refractivity contribution is 0.0934. The standard InChI is InChI=1S/C17H22N2O2/c1-12(8-9-19(2)3)18-17(21)15-10-13-6-4-5-7-14(13)11-16(15)20/h4-7,10-12,20H,8-9H2,1-3H3,(H,18,21). The minimum Gasteiger partial charge on any atom is -0.507 e. The highest BCUT2D eigenvalue weighted by Gasteiger charge is 2.14. The highest BCUT2D eigenvalue weighted by molar-refractivity contribution is 6.01. The number of nitrogens with zero attached hydrogens (tertiary/aromatic N) is 1. The van der Waals surface area contributed by atoms with Gasteiger partial charge in [0.2, 0.25) is 0 Å². The second-order valence-electron chi connectivity index (χ2n) is 5.68. The fourth-order valence-corrected chi connectivity index (χ4v) is 2.24. The van der Waals surface area contributed by atoms with Crippen LogP contribution in [0.2, 0.25) is 0 Å². The number of hydrogen-bond donors (Lipinski definition) is 2. The van der Waals surface area contributed by atoms with Gasteiger partial charge in [0.1, 0.15) is 5.75 Å². The Morgan fingerprint density at radius 3 is 2.48 bits per heavy atom. The van der Waals surface area contributed by atoms with Crippen molar-refractivity contribution in [3.8, 4) is 5.75 Å². The Hall–Kier alpha value is -2.07. The summed E-state index contributed by atoms with van der Waals surface area (Å²) in [6, 6.07) is 11.1.